The number of hydrogen-bond donors (Lipinski definition) is 0. The largest absolute Gasteiger partial charge is 0.493 e. The Bertz CT molecular complexity index is 609. The van der Waals surface area contributed by atoms with E-state index in [4.69, 9.17) is 9.47 Å². The van der Waals surface area contributed by atoms with Crippen molar-refractivity contribution in [3.05, 3.63) is 29.3 Å². The van der Waals surface area contributed by atoms with Crippen LogP contribution < -0.4 is 9.47 Å². The number of carbonyl (C=O) groups excluding carboxylic acids is 1. The highest BCUT2D eigenvalue weighted by molar-refractivity contribution is 5.98. The van der Waals surface area contributed by atoms with Crippen molar-refractivity contribution >= 4 is 11.4 Å². The van der Waals surface area contributed by atoms with Crippen LogP contribution in [0.2, 0.25) is 0 Å². The molecule has 1 aromatic rings. The molecule has 0 atom stereocenters. The number of ketones is 1. The summed E-state index contributed by atoms with van der Waals surface area (Å²) in [6.07, 6.45) is 3.05. The van der Waals surface area contributed by atoms with E-state index < -0.39 is 0 Å². The third-order valence-corrected chi connectivity index (χ3v) is 3.73. The number of ether oxygens (including phenoxy) is 2. The summed E-state index contributed by atoms with van der Waals surface area (Å²) in [6, 6.07) is 3.79. The van der Waals surface area contributed by atoms with Crippen LogP contribution in [0.3, 0.4) is 0 Å². The first-order chi connectivity index (χ1) is 10.2. The molecule has 120 valence electrons. The van der Waals surface area contributed by atoms with Gasteiger partial charge in [0.2, 0.25) is 0 Å². The number of allylic oxidation sites excluding steroid dienone is 1. The maximum atomic E-state index is 12.0. The van der Waals surface area contributed by atoms with Gasteiger partial charge in [0.15, 0.2) is 5.78 Å². The minimum atomic E-state index is -0.355. The van der Waals surface area contributed by atoms with Crippen molar-refractivity contribution in [3.8, 4) is 11.5 Å². The average Bonchev–Trinajstić information content (AvgIpc) is 2.41. The quantitative estimate of drug-likeness (QED) is 0.727. The Hall–Kier alpha value is -1.77. The van der Waals surface area contributed by atoms with E-state index in [0.717, 1.165) is 17.7 Å². The van der Waals surface area contributed by atoms with Crippen molar-refractivity contribution in [1.82, 2.24) is 0 Å². The lowest BCUT2D eigenvalue weighted by Gasteiger charge is -2.33. The number of benzene rings is 1. The molecule has 1 aliphatic rings. The molecular formula is C19H26O3. The van der Waals surface area contributed by atoms with Gasteiger partial charge in [-0.3, -0.25) is 4.79 Å². The Balaban J connectivity index is 2.59. The zero-order valence-electron chi connectivity index (χ0n) is 14.4. The Morgan fingerprint density at radius 1 is 1.32 bits per heavy atom. The van der Waals surface area contributed by atoms with E-state index in [-0.39, 0.29) is 11.4 Å². The zero-order chi connectivity index (χ0) is 16.5. The molecule has 0 unspecified atom stereocenters. The second-order valence-corrected chi connectivity index (χ2v) is 6.71. The SMILES string of the molecule is CCCOc1cc2c(cc1C(C)=O)C(C(C)C)=CC(C)(C)O2. The molecule has 0 aromatic heterocycles. The normalized spacial score (nSPS) is 15.9. The molecule has 0 aliphatic carbocycles. The van der Waals surface area contributed by atoms with Crippen LogP contribution in [-0.2, 0) is 0 Å². The highest BCUT2D eigenvalue weighted by Gasteiger charge is 2.29. The molecule has 2 rings (SSSR count). The summed E-state index contributed by atoms with van der Waals surface area (Å²) in [5.41, 5.74) is 2.49. The molecule has 0 bridgehead atoms. The van der Waals surface area contributed by atoms with Crippen LogP contribution in [0, 0.1) is 5.92 Å². The monoisotopic (exact) mass is 302 g/mol. The molecule has 0 saturated heterocycles. The molecule has 3 nitrogen and oxygen atoms in total. The highest BCUT2D eigenvalue weighted by Crippen LogP contribution is 2.42. The van der Waals surface area contributed by atoms with Crippen molar-refractivity contribution in [2.75, 3.05) is 6.61 Å². The lowest BCUT2D eigenvalue weighted by Crippen LogP contribution is -2.30. The molecule has 0 N–H and O–H groups in total. The van der Waals surface area contributed by atoms with E-state index in [1.54, 1.807) is 6.92 Å². The van der Waals surface area contributed by atoms with Gasteiger partial charge in [0, 0.05) is 11.6 Å². The molecular weight excluding hydrogens is 276 g/mol. The van der Waals surface area contributed by atoms with Gasteiger partial charge in [-0.25, -0.2) is 0 Å². The average molecular weight is 302 g/mol. The van der Waals surface area contributed by atoms with Gasteiger partial charge in [0.1, 0.15) is 17.1 Å². The first kappa shape index (κ1) is 16.6. The van der Waals surface area contributed by atoms with Gasteiger partial charge < -0.3 is 9.47 Å². The maximum absolute atomic E-state index is 12.0. The first-order valence-electron chi connectivity index (χ1n) is 7.99. The summed E-state index contributed by atoms with van der Waals surface area (Å²) in [4.78, 5) is 12.0. The molecule has 0 radical (unpaired) electrons. The summed E-state index contributed by atoms with van der Waals surface area (Å²) in [5, 5.41) is 0. The molecule has 22 heavy (non-hydrogen) atoms. The number of Topliss-reactive ketones (excluding diaryl/α,β-unsaturated/α-hetero) is 1. The fourth-order valence-corrected chi connectivity index (χ4v) is 2.72. The minimum absolute atomic E-state index is 0.0156. The lowest BCUT2D eigenvalue weighted by atomic mass is 9.86. The molecule has 0 spiro atoms. The van der Waals surface area contributed by atoms with Gasteiger partial charge in [-0.15, -0.1) is 0 Å². The third-order valence-electron chi connectivity index (χ3n) is 3.73. The Morgan fingerprint density at radius 3 is 2.55 bits per heavy atom. The van der Waals surface area contributed by atoms with E-state index in [1.807, 2.05) is 32.9 Å². The molecule has 0 amide bonds. The Morgan fingerprint density at radius 2 is 2.00 bits per heavy atom. The lowest BCUT2D eigenvalue weighted by molar-refractivity contribution is 0.101. The van der Waals surface area contributed by atoms with Crippen molar-refractivity contribution < 1.29 is 14.3 Å². The second-order valence-electron chi connectivity index (χ2n) is 6.71. The smallest absolute Gasteiger partial charge is 0.163 e. The van der Waals surface area contributed by atoms with Gasteiger partial charge in [0.25, 0.3) is 0 Å². The number of fused-ring (bicyclic) bond motifs is 1. The summed E-state index contributed by atoms with van der Waals surface area (Å²) < 4.78 is 11.8. The van der Waals surface area contributed by atoms with Gasteiger partial charge in [0.05, 0.1) is 12.2 Å². The van der Waals surface area contributed by atoms with Crippen LogP contribution in [0.4, 0.5) is 0 Å². The number of rotatable bonds is 5. The molecule has 1 aliphatic heterocycles. The van der Waals surface area contributed by atoms with E-state index >= 15 is 0 Å². The van der Waals surface area contributed by atoms with Crippen molar-refractivity contribution in [2.24, 2.45) is 5.92 Å². The fourth-order valence-electron chi connectivity index (χ4n) is 2.72. The summed E-state index contributed by atoms with van der Waals surface area (Å²) in [6.45, 7) is 12.6. The van der Waals surface area contributed by atoms with Crippen LogP contribution in [0.1, 0.15) is 63.9 Å². The van der Waals surface area contributed by atoms with E-state index in [1.165, 1.54) is 5.57 Å². The van der Waals surface area contributed by atoms with Crippen molar-refractivity contribution in [2.45, 2.75) is 53.6 Å². The van der Waals surface area contributed by atoms with Crippen molar-refractivity contribution in [3.63, 3.8) is 0 Å². The molecule has 1 heterocycles. The maximum Gasteiger partial charge on any atom is 0.163 e. The predicted molar refractivity (Wildman–Crippen MR) is 89.8 cm³/mol. The fraction of sp³-hybridized carbons (Fsp3) is 0.526. The van der Waals surface area contributed by atoms with Crippen LogP contribution in [0.25, 0.3) is 5.57 Å². The van der Waals surface area contributed by atoms with E-state index in [9.17, 15) is 4.79 Å². The summed E-state index contributed by atoms with van der Waals surface area (Å²) >= 11 is 0. The highest BCUT2D eigenvalue weighted by atomic mass is 16.5. The van der Waals surface area contributed by atoms with Gasteiger partial charge >= 0.3 is 0 Å². The van der Waals surface area contributed by atoms with E-state index in [2.05, 4.69) is 19.9 Å². The van der Waals surface area contributed by atoms with Gasteiger partial charge in [-0.1, -0.05) is 20.8 Å². The minimum Gasteiger partial charge on any atom is -0.493 e. The standard InChI is InChI=1S/C19H26O3/c1-7-8-21-17-10-18-15(9-14(17)13(4)20)16(12(2)3)11-19(5,6)22-18/h9-12H,7-8H2,1-6H3. The van der Waals surface area contributed by atoms with Crippen LogP contribution in [0.5, 0.6) is 11.5 Å². The molecule has 0 fully saturated rings. The Labute approximate surface area is 133 Å². The molecule has 3 heteroatoms. The second kappa shape index (κ2) is 6.15. The Kier molecular flexibility index (Phi) is 4.64. The van der Waals surface area contributed by atoms with Crippen molar-refractivity contribution in [1.29, 1.82) is 0 Å². The third kappa shape index (κ3) is 3.34. The van der Waals surface area contributed by atoms with Gasteiger partial charge in [-0.2, -0.15) is 0 Å². The summed E-state index contributed by atoms with van der Waals surface area (Å²) in [7, 11) is 0. The van der Waals surface area contributed by atoms with E-state index in [0.29, 0.717) is 23.8 Å². The first-order valence-corrected chi connectivity index (χ1v) is 7.99. The number of hydrogen-bond acceptors (Lipinski definition) is 3. The van der Waals surface area contributed by atoms with Gasteiger partial charge in [-0.05, 0) is 50.8 Å². The van der Waals surface area contributed by atoms with Crippen LogP contribution in [-0.4, -0.2) is 18.0 Å². The van der Waals surface area contributed by atoms with Crippen LogP contribution in [0.15, 0.2) is 18.2 Å². The molecule has 0 saturated carbocycles. The summed E-state index contributed by atoms with van der Waals surface area (Å²) in [5.74, 6) is 1.80. The predicted octanol–water partition coefficient (Wildman–Crippen LogP) is 4.89. The molecule has 1 aromatic carbocycles. The topological polar surface area (TPSA) is 35.5 Å². The van der Waals surface area contributed by atoms with Crippen LogP contribution >= 0.6 is 0 Å². The number of carbonyl (C=O) groups is 1. The zero-order valence-corrected chi connectivity index (χ0v) is 14.4.